The number of hydrogen-bond acceptors (Lipinski definition) is 3. The predicted octanol–water partition coefficient (Wildman–Crippen LogP) is 2.70. The van der Waals surface area contributed by atoms with Crippen LogP contribution in [0, 0.1) is 0 Å². The molecule has 0 atom stereocenters. The van der Waals surface area contributed by atoms with Crippen LogP contribution in [0.4, 0.5) is 5.69 Å². The van der Waals surface area contributed by atoms with Gasteiger partial charge in [-0.1, -0.05) is 19.1 Å². The standard InChI is InChI=1S/C16H26N2O2/c1-5-10-18(15(19)11-16(2,3)20-4)14-8-6-13(12-17)7-9-14/h6-9H,5,10-12,17H2,1-4H3. The molecule has 0 unspecified atom stereocenters. The highest BCUT2D eigenvalue weighted by molar-refractivity contribution is 5.93. The summed E-state index contributed by atoms with van der Waals surface area (Å²) in [6, 6.07) is 7.84. The largest absolute Gasteiger partial charge is 0.378 e. The van der Waals surface area contributed by atoms with Crippen LogP contribution in [-0.2, 0) is 16.1 Å². The Morgan fingerprint density at radius 3 is 2.35 bits per heavy atom. The first-order chi connectivity index (χ1) is 9.43. The Balaban J connectivity index is 2.89. The molecule has 1 aromatic rings. The van der Waals surface area contributed by atoms with E-state index >= 15 is 0 Å². The summed E-state index contributed by atoms with van der Waals surface area (Å²) in [5, 5.41) is 0. The number of methoxy groups -OCH3 is 1. The molecule has 1 aromatic carbocycles. The minimum absolute atomic E-state index is 0.0826. The lowest BCUT2D eigenvalue weighted by Crippen LogP contribution is -2.38. The van der Waals surface area contributed by atoms with E-state index in [2.05, 4.69) is 6.92 Å². The third-order valence-corrected chi connectivity index (χ3v) is 3.36. The maximum absolute atomic E-state index is 12.5. The molecule has 0 aliphatic rings. The van der Waals surface area contributed by atoms with Gasteiger partial charge in [-0.15, -0.1) is 0 Å². The van der Waals surface area contributed by atoms with Crippen LogP contribution in [0.15, 0.2) is 24.3 Å². The topological polar surface area (TPSA) is 55.6 Å². The molecule has 0 saturated carbocycles. The van der Waals surface area contributed by atoms with Gasteiger partial charge in [0.25, 0.3) is 0 Å². The second-order valence-electron chi connectivity index (χ2n) is 5.56. The SMILES string of the molecule is CCCN(C(=O)CC(C)(C)OC)c1ccc(CN)cc1. The van der Waals surface area contributed by atoms with Gasteiger partial charge in [0.1, 0.15) is 0 Å². The van der Waals surface area contributed by atoms with E-state index in [0.717, 1.165) is 17.7 Å². The van der Waals surface area contributed by atoms with Crippen molar-refractivity contribution in [1.29, 1.82) is 0 Å². The number of ether oxygens (including phenoxy) is 1. The first-order valence-corrected chi connectivity index (χ1v) is 7.08. The molecule has 0 aliphatic heterocycles. The van der Waals surface area contributed by atoms with Crippen LogP contribution in [0.1, 0.15) is 39.2 Å². The van der Waals surface area contributed by atoms with E-state index in [1.54, 1.807) is 7.11 Å². The van der Waals surface area contributed by atoms with Crippen molar-refractivity contribution in [3.05, 3.63) is 29.8 Å². The van der Waals surface area contributed by atoms with Crippen LogP contribution in [0.25, 0.3) is 0 Å². The second-order valence-corrected chi connectivity index (χ2v) is 5.56. The van der Waals surface area contributed by atoms with Gasteiger partial charge < -0.3 is 15.4 Å². The Bertz CT molecular complexity index is 427. The van der Waals surface area contributed by atoms with Gasteiger partial charge in [-0.3, -0.25) is 4.79 Å². The summed E-state index contributed by atoms with van der Waals surface area (Å²) < 4.78 is 5.34. The van der Waals surface area contributed by atoms with Crippen molar-refractivity contribution in [2.45, 2.75) is 45.8 Å². The third-order valence-electron chi connectivity index (χ3n) is 3.36. The second kappa shape index (κ2) is 7.41. The fraction of sp³-hybridized carbons (Fsp3) is 0.562. The van der Waals surface area contributed by atoms with Crippen LogP contribution < -0.4 is 10.6 Å². The summed E-state index contributed by atoms with van der Waals surface area (Å²) >= 11 is 0. The molecule has 0 bridgehead atoms. The molecule has 0 aliphatic carbocycles. The molecule has 1 rings (SSSR count). The lowest BCUT2D eigenvalue weighted by atomic mass is 10.0. The normalized spacial score (nSPS) is 11.4. The fourth-order valence-electron chi connectivity index (χ4n) is 1.97. The number of amides is 1. The van der Waals surface area contributed by atoms with Gasteiger partial charge in [-0.05, 0) is 38.0 Å². The monoisotopic (exact) mass is 278 g/mol. The molecule has 0 saturated heterocycles. The molecular formula is C16H26N2O2. The van der Waals surface area contributed by atoms with E-state index in [1.807, 2.05) is 43.0 Å². The van der Waals surface area contributed by atoms with Crippen LogP contribution in [0.2, 0.25) is 0 Å². The van der Waals surface area contributed by atoms with Crippen LogP contribution >= 0.6 is 0 Å². The molecule has 0 radical (unpaired) electrons. The van der Waals surface area contributed by atoms with E-state index in [-0.39, 0.29) is 5.91 Å². The van der Waals surface area contributed by atoms with Gasteiger partial charge in [0, 0.05) is 25.9 Å². The predicted molar refractivity (Wildman–Crippen MR) is 82.7 cm³/mol. The Morgan fingerprint density at radius 2 is 1.90 bits per heavy atom. The molecule has 0 fully saturated rings. The minimum Gasteiger partial charge on any atom is -0.378 e. The smallest absolute Gasteiger partial charge is 0.229 e. The van der Waals surface area contributed by atoms with E-state index in [1.165, 1.54) is 0 Å². The van der Waals surface area contributed by atoms with Crippen LogP contribution in [0.5, 0.6) is 0 Å². The van der Waals surface area contributed by atoms with Crippen molar-refractivity contribution in [2.75, 3.05) is 18.6 Å². The highest BCUT2D eigenvalue weighted by Crippen LogP contribution is 2.21. The van der Waals surface area contributed by atoms with Gasteiger partial charge in [0.05, 0.1) is 12.0 Å². The summed E-state index contributed by atoms with van der Waals surface area (Å²) in [7, 11) is 1.63. The molecule has 4 heteroatoms. The van der Waals surface area contributed by atoms with Crippen LogP contribution in [0.3, 0.4) is 0 Å². The number of carbonyl (C=O) groups excluding carboxylic acids is 1. The summed E-state index contributed by atoms with van der Waals surface area (Å²) in [6.45, 7) is 7.13. The Hall–Kier alpha value is -1.39. The fourth-order valence-corrected chi connectivity index (χ4v) is 1.97. The zero-order valence-corrected chi connectivity index (χ0v) is 13.0. The molecule has 0 spiro atoms. The molecule has 1 amide bonds. The lowest BCUT2D eigenvalue weighted by molar-refractivity contribution is -0.123. The minimum atomic E-state index is -0.444. The maximum Gasteiger partial charge on any atom is 0.229 e. The molecule has 20 heavy (non-hydrogen) atoms. The highest BCUT2D eigenvalue weighted by atomic mass is 16.5. The Morgan fingerprint density at radius 1 is 1.30 bits per heavy atom. The summed E-state index contributed by atoms with van der Waals surface area (Å²) in [5.41, 5.74) is 7.14. The first kappa shape index (κ1) is 16.7. The zero-order chi connectivity index (χ0) is 15.2. The molecular weight excluding hydrogens is 252 g/mol. The van der Waals surface area contributed by atoms with Crippen molar-refractivity contribution in [3.63, 3.8) is 0 Å². The average molecular weight is 278 g/mol. The maximum atomic E-state index is 12.5. The number of anilines is 1. The molecule has 2 N–H and O–H groups in total. The zero-order valence-electron chi connectivity index (χ0n) is 13.0. The van der Waals surface area contributed by atoms with Gasteiger partial charge in [-0.25, -0.2) is 0 Å². The quantitative estimate of drug-likeness (QED) is 0.834. The van der Waals surface area contributed by atoms with Crippen LogP contribution in [-0.4, -0.2) is 25.2 Å². The van der Waals surface area contributed by atoms with Gasteiger partial charge in [-0.2, -0.15) is 0 Å². The lowest BCUT2D eigenvalue weighted by Gasteiger charge is -2.28. The number of nitrogens with zero attached hydrogens (tertiary/aromatic N) is 1. The Kier molecular flexibility index (Phi) is 6.17. The molecule has 4 nitrogen and oxygen atoms in total. The van der Waals surface area contributed by atoms with Gasteiger partial charge in [0.15, 0.2) is 0 Å². The van der Waals surface area contributed by atoms with Crippen molar-refractivity contribution >= 4 is 11.6 Å². The van der Waals surface area contributed by atoms with E-state index in [4.69, 9.17) is 10.5 Å². The summed E-state index contributed by atoms with van der Waals surface area (Å²) in [6.07, 6.45) is 1.28. The van der Waals surface area contributed by atoms with Crippen molar-refractivity contribution in [1.82, 2.24) is 0 Å². The van der Waals surface area contributed by atoms with E-state index in [0.29, 0.717) is 19.5 Å². The average Bonchev–Trinajstić information content (AvgIpc) is 2.44. The van der Waals surface area contributed by atoms with Crippen molar-refractivity contribution in [3.8, 4) is 0 Å². The molecule has 0 aromatic heterocycles. The highest BCUT2D eigenvalue weighted by Gasteiger charge is 2.25. The van der Waals surface area contributed by atoms with Gasteiger partial charge in [0.2, 0.25) is 5.91 Å². The van der Waals surface area contributed by atoms with Crippen molar-refractivity contribution < 1.29 is 9.53 Å². The molecule has 0 heterocycles. The third kappa shape index (κ3) is 4.62. The van der Waals surface area contributed by atoms with E-state index < -0.39 is 5.60 Å². The number of carbonyl (C=O) groups is 1. The summed E-state index contributed by atoms with van der Waals surface area (Å²) in [5.74, 6) is 0.0826. The number of benzene rings is 1. The van der Waals surface area contributed by atoms with E-state index in [9.17, 15) is 4.79 Å². The van der Waals surface area contributed by atoms with Gasteiger partial charge >= 0.3 is 0 Å². The molecule has 112 valence electrons. The number of rotatable bonds is 7. The number of nitrogens with two attached hydrogens (primary N) is 1. The first-order valence-electron chi connectivity index (χ1n) is 7.08. The Labute approximate surface area is 121 Å². The number of hydrogen-bond donors (Lipinski definition) is 1. The van der Waals surface area contributed by atoms with Crippen molar-refractivity contribution in [2.24, 2.45) is 5.73 Å². The summed E-state index contributed by atoms with van der Waals surface area (Å²) in [4.78, 5) is 14.3.